The molecule has 6 rings (SSSR count). The van der Waals surface area contributed by atoms with Gasteiger partial charge in [0.25, 0.3) is 5.91 Å². The van der Waals surface area contributed by atoms with Crippen molar-refractivity contribution in [3.05, 3.63) is 138 Å². The molecule has 2 fully saturated rings. The van der Waals surface area contributed by atoms with E-state index in [1.54, 1.807) is 116 Å². The summed E-state index contributed by atoms with van der Waals surface area (Å²) in [6.07, 6.45) is 9.11. The molecular formula is C35H32N6O4S. The van der Waals surface area contributed by atoms with Crippen LogP contribution in [0.4, 0.5) is 0 Å². The maximum absolute atomic E-state index is 14.9. The number of amides is 1. The van der Waals surface area contributed by atoms with Crippen molar-refractivity contribution in [2.24, 2.45) is 5.92 Å². The number of pyridine rings is 2. The maximum atomic E-state index is 14.9. The van der Waals surface area contributed by atoms with E-state index >= 15 is 0 Å². The molecule has 46 heavy (non-hydrogen) atoms. The Bertz CT molecular complexity index is 1860. The van der Waals surface area contributed by atoms with Crippen molar-refractivity contribution in [2.45, 2.75) is 23.3 Å². The molecular weight excluding hydrogens is 600 g/mol. The summed E-state index contributed by atoms with van der Waals surface area (Å²) in [5.74, 6) is -0.134. The number of piperidine rings is 1. The molecule has 1 amide bonds. The van der Waals surface area contributed by atoms with E-state index in [1.165, 1.54) is 10.4 Å². The van der Waals surface area contributed by atoms with E-state index in [2.05, 4.69) is 16.0 Å². The normalized spacial score (nSPS) is 18.1. The van der Waals surface area contributed by atoms with E-state index in [9.17, 15) is 23.3 Å². The van der Waals surface area contributed by atoms with Gasteiger partial charge in [-0.1, -0.05) is 18.2 Å². The van der Waals surface area contributed by atoms with Gasteiger partial charge in [0, 0.05) is 63.1 Å². The average Bonchev–Trinajstić information content (AvgIpc) is 3.31. The third-order valence-electron chi connectivity index (χ3n) is 8.83. The van der Waals surface area contributed by atoms with E-state index in [-0.39, 0.29) is 22.5 Å². The van der Waals surface area contributed by atoms with E-state index in [0.29, 0.717) is 60.6 Å². The Hall–Kier alpha value is -5.18. The van der Waals surface area contributed by atoms with Gasteiger partial charge in [0.05, 0.1) is 16.5 Å². The third kappa shape index (κ3) is 5.46. The van der Waals surface area contributed by atoms with Crippen LogP contribution in [-0.2, 0) is 20.4 Å². The lowest BCUT2D eigenvalue weighted by molar-refractivity contribution is -0.132. The summed E-state index contributed by atoms with van der Waals surface area (Å²) in [7, 11) is -1.83. The summed E-state index contributed by atoms with van der Waals surface area (Å²) in [4.78, 5) is 40.6. The molecule has 0 unspecified atom stereocenters. The van der Waals surface area contributed by atoms with Gasteiger partial charge in [-0.05, 0) is 90.6 Å². The van der Waals surface area contributed by atoms with Gasteiger partial charge in [0.2, 0.25) is 10.0 Å². The Labute approximate surface area is 268 Å². The first-order chi connectivity index (χ1) is 22.3. The average molecular weight is 633 g/mol. The molecule has 2 aromatic carbocycles. The number of nitrogens with zero attached hydrogens (tertiary/aromatic N) is 6. The van der Waals surface area contributed by atoms with Gasteiger partial charge in [0.15, 0.2) is 11.3 Å². The lowest BCUT2D eigenvalue weighted by Crippen LogP contribution is -2.46. The predicted molar refractivity (Wildman–Crippen MR) is 170 cm³/mol. The highest BCUT2D eigenvalue weighted by atomic mass is 32.2. The number of carbonyl (C=O) groups excluding carboxylic acids is 2. The van der Waals surface area contributed by atoms with Crippen LogP contribution in [0.3, 0.4) is 0 Å². The van der Waals surface area contributed by atoms with Gasteiger partial charge in [-0.25, -0.2) is 8.42 Å². The molecule has 0 spiro atoms. The second kappa shape index (κ2) is 12.7. The molecule has 2 aliphatic heterocycles. The second-order valence-corrected chi connectivity index (χ2v) is 13.3. The van der Waals surface area contributed by atoms with E-state index in [0.717, 1.165) is 0 Å². The topological polar surface area (TPSA) is 128 Å². The molecule has 0 N–H and O–H groups in total. The standard InChI is InChI=1S/C35H32N6O4S/c1-39-33(23-32(42)28-9-7-26(24-36)8-10-28)41(25-27-15-21-40(22-16-27)46(44,45)31-5-3-2-4-6-31)34(43)35(39,29-11-17-37-18-12-29)30-13-19-38-20-14-30/h2-14,17-20,23,27H,15-16,21-22,25H2,1H3. The zero-order chi connectivity index (χ0) is 32.3. The van der Waals surface area contributed by atoms with Crippen LogP contribution in [-0.4, -0.2) is 70.9 Å². The number of nitriles is 1. The quantitative estimate of drug-likeness (QED) is 0.209. The first-order valence-electron chi connectivity index (χ1n) is 14.9. The summed E-state index contributed by atoms with van der Waals surface area (Å²) in [6.45, 7) is 0.943. The fraction of sp³-hybridized carbons (Fsp3) is 0.229. The van der Waals surface area contributed by atoms with E-state index in [4.69, 9.17) is 0 Å². The van der Waals surface area contributed by atoms with Crippen LogP contribution in [0, 0.1) is 17.2 Å². The number of aromatic nitrogens is 2. The van der Waals surface area contributed by atoms with Crippen molar-refractivity contribution in [1.29, 1.82) is 5.26 Å². The van der Waals surface area contributed by atoms with Crippen LogP contribution >= 0.6 is 0 Å². The molecule has 0 bridgehead atoms. The number of hydrogen-bond acceptors (Lipinski definition) is 8. The van der Waals surface area contributed by atoms with E-state index in [1.807, 2.05) is 4.90 Å². The molecule has 232 valence electrons. The Morgan fingerprint density at radius 1 is 0.913 bits per heavy atom. The Kier molecular flexibility index (Phi) is 8.49. The largest absolute Gasteiger partial charge is 0.339 e. The third-order valence-corrected chi connectivity index (χ3v) is 10.7. The van der Waals surface area contributed by atoms with Crippen LogP contribution in [0.2, 0.25) is 0 Å². The molecule has 0 radical (unpaired) electrons. The molecule has 2 aromatic heterocycles. The number of allylic oxidation sites excluding steroid dienone is 1. The summed E-state index contributed by atoms with van der Waals surface area (Å²) in [5.41, 5.74) is 0.888. The highest BCUT2D eigenvalue weighted by molar-refractivity contribution is 7.89. The SMILES string of the molecule is CN1C(=CC(=O)c2ccc(C#N)cc2)N(CC2CCN(S(=O)(=O)c3ccccc3)CC2)C(=O)C1(c1ccncc1)c1ccncc1. The molecule has 2 aliphatic rings. The van der Waals surface area contributed by atoms with Crippen LogP contribution in [0.1, 0.15) is 39.9 Å². The fourth-order valence-corrected chi connectivity index (χ4v) is 7.87. The fourth-order valence-electron chi connectivity index (χ4n) is 6.38. The number of ketones is 1. The van der Waals surface area contributed by atoms with Crippen molar-refractivity contribution >= 4 is 21.7 Å². The molecule has 0 saturated carbocycles. The van der Waals surface area contributed by atoms with Gasteiger partial charge < -0.3 is 4.90 Å². The molecule has 0 aliphatic carbocycles. The first-order valence-corrected chi connectivity index (χ1v) is 16.4. The van der Waals surface area contributed by atoms with Crippen molar-refractivity contribution in [2.75, 3.05) is 26.7 Å². The number of rotatable bonds is 8. The highest BCUT2D eigenvalue weighted by Gasteiger charge is 2.56. The summed E-state index contributed by atoms with van der Waals surface area (Å²) in [5, 5.41) is 9.20. The molecule has 0 atom stereocenters. The van der Waals surface area contributed by atoms with Crippen LogP contribution in [0.5, 0.6) is 0 Å². The number of benzene rings is 2. The van der Waals surface area contributed by atoms with Gasteiger partial charge in [0.1, 0.15) is 5.82 Å². The smallest absolute Gasteiger partial charge is 0.263 e. The van der Waals surface area contributed by atoms with Crippen molar-refractivity contribution < 1.29 is 18.0 Å². The monoisotopic (exact) mass is 632 g/mol. The van der Waals surface area contributed by atoms with Gasteiger partial charge in [-0.3, -0.25) is 24.5 Å². The molecule has 4 aromatic rings. The van der Waals surface area contributed by atoms with Gasteiger partial charge in [-0.15, -0.1) is 0 Å². The lowest BCUT2D eigenvalue weighted by atomic mass is 9.82. The summed E-state index contributed by atoms with van der Waals surface area (Å²) >= 11 is 0. The number of hydrogen-bond donors (Lipinski definition) is 0. The number of likely N-dealkylation sites (N-methyl/N-ethyl adjacent to an activating group) is 1. The second-order valence-electron chi connectivity index (χ2n) is 11.4. The van der Waals surface area contributed by atoms with Crippen molar-refractivity contribution in [3.8, 4) is 6.07 Å². The van der Waals surface area contributed by atoms with Crippen LogP contribution in [0.15, 0.2) is 120 Å². The summed E-state index contributed by atoms with van der Waals surface area (Å²) < 4.78 is 28.0. The number of carbonyl (C=O) groups is 2. The molecule has 4 heterocycles. The molecule has 11 heteroatoms. The van der Waals surface area contributed by atoms with Crippen LogP contribution in [0.25, 0.3) is 0 Å². The van der Waals surface area contributed by atoms with Crippen LogP contribution < -0.4 is 0 Å². The van der Waals surface area contributed by atoms with Crippen molar-refractivity contribution in [3.63, 3.8) is 0 Å². The van der Waals surface area contributed by atoms with Crippen molar-refractivity contribution in [1.82, 2.24) is 24.1 Å². The van der Waals surface area contributed by atoms with Gasteiger partial charge >= 0.3 is 0 Å². The minimum absolute atomic E-state index is 0.0151. The zero-order valence-corrected chi connectivity index (χ0v) is 26.0. The predicted octanol–water partition coefficient (Wildman–Crippen LogP) is 4.19. The molecule has 2 saturated heterocycles. The summed E-state index contributed by atoms with van der Waals surface area (Å²) in [6, 6.07) is 24.0. The van der Waals surface area contributed by atoms with E-state index < -0.39 is 15.6 Å². The number of sulfonamides is 1. The highest BCUT2D eigenvalue weighted by Crippen LogP contribution is 2.46. The first kappa shape index (κ1) is 30.8. The minimum Gasteiger partial charge on any atom is -0.339 e. The molecule has 10 nitrogen and oxygen atoms in total. The zero-order valence-electron chi connectivity index (χ0n) is 25.2. The van der Waals surface area contributed by atoms with Gasteiger partial charge in [-0.2, -0.15) is 9.57 Å². The Balaban J connectivity index is 1.36. The maximum Gasteiger partial charge on any atom is 0.263 e. The lowest BCUT2D eigenvalue weighted by Gasteiger charge is -2.35. The Morgan fingerprint density at radius 3 is 2.02 bits per heavy atom. The minimum atomic E-state index is -3.63. The Morgan fingerprint density at radius 2 is 1.48 bits per heavy atom.